The Morgan fingerprint density at radius 3 is 2.59 bits per heavy atom. The number of anilines is 1. The van der Waals surface area contributed by atoms with Crippen LogP contribution in [0.5, 0.6) is 0 Å². The quantitative estimate of drug-likeness (QED) is 0.372. The van der Waals surface area contributed by atoms with Crippen molar-refractivity contribution >= 4 is 23.1 Å². The molecule has 2 heterocycles. The van der Waals surface area contributed by atoms with Crippen molar-refractivity contribution in [3.05, 3.63) is 76.1 Å². The number of nitro groups is 1. The lowest BCUT2D eigenvalue weighted by atomic mass is 10.0. The summed E-state index contributed by atoms with van der Waals surface area (Å²) in [5.41, 5.74) is 2.37. The average molecular weight is 384 g/mol. The van der Waals surface area contributed by atoms with Crippen LogP contribution in [-0.2, 0) is 6.54 Å². The molecule has 0 bridgehead atoms. The molecule has 8 heteroatoms. The topological polar surface area (TPSA) is 81.0 Å². The summed E-state index contributed by atoms with van der Waals surface area (Å²) < 4.78 is 14.2. The molecule has 2 aromatic heterocycles. The number of aromatic nitrogens is 2. The number of pyridine rings is 2. The van der Waals surface area contributed by atoms with Crippen LogP contribution in [-0.4, -0.2) is 21.1 Å². The molecule has 1 N–H and O–H groups in total. The van der Waals surface area contributed by atoms with Gasteiger partial charge in [-0.3, -0.25) is 20.1 Å². The van der Waals surface area contributed by atoms with Gasteiger partial charge in [0, 0.05) is 22.3 Å². The van der Waals surface area contributed by atoms with Gasteiger partial charge in [-0.05, 0) is 24.8 Å². The molecule has 0 aliphatic carbocycles. The maximum Gasteiger partial charge on any atom is 0.311 e. The minimum absolute atomic E-state index is 0.0185. The second-order valence-electron chi connectivity index (χ2n) is 5.76. The maximum atomic E-state index is 14.2. The van der Waals surface area contributed by atoms with Gasteiger partial charge in [0.2, 0.25) is 0 Å². The number of rotatable bonds is 6. The molecule has 0 atom stereocenters. The Morgan fingerprint density at radius 1 is 1.22 bits per heavy atom. The summed E-state index contributed by atoms with van der Waals surface area (Å²) in [4.78, 5) is 20.0. The monoisotopic (exact) mass is 384 g/mol. The average Bonchev–Trinajstić information content (AvgIpc) is 2.67. The Kier molecular flexibility index (Phi) is 5.66. The highest BCUT2D eigenvalue weighted by molar-refractivity contribution is 7.98. The second kappa shape index (κ2) is 8.13. The highest BCUT2D eigenvalue weighted by atomic mass is 32.2. The Labute approximate surface area is 160 Å². The first-order chi connectivity index (χ1) is 13.0. The van der Waals surface area contributed by atoms with Crippen LogP contribution in [0.2, 0.25) is 0 Å². The zero-order chi connectivity index (χ0) is 19.4. The first-order valence-electron chi connectivity index (χ1n) is 8.13. The lowest BCUT2D eigenvalue weighted by molar-refractivity contribution is -0.384. The lowest BCUT2D eigenvalue weighted by Crippen LogP contribution is -2.09. The van der Waals surface area contributed by atoms with Crippen LogP contribution in [0.1, 0.15) is 11.4 Å². The molecular formula is C19H17FN4O2S. The van der Waals surface area contributed by atoms with Gasteiger partial charge in [-0.2, -0.15) is 0 Å². The summed E-state index contributed by atoms with van der Waals surface area (Å²) in [6.07, 6.45) is 4.63. The zero-order valence-electron chi connectivity index (χ0n) is 14.8. The molecular weight excluding hydrogens is 367 g/mol. The maximum absolute atomic E-state index is 14.2. The fourth-order valence-corrected chi connectivity index (χ4v) is 3.11. The number of nitrogens with one attached hydrogen (secondary N) is 1. The van der Waals surface area contributed by atoms with Gasteiger partial charge in [-0.25, -0.2) is 4.39 Å². The van der Waals surface area contributed by atoms with Crippen molar-refractivity contribution in [2.45, 2.75) is 18.4 Å². The molecule has 138 valence electrons. The molecule has 0 amide bonds. The molecule has 0 fully saturated rings. The van der Waals surface area contributed by atoms with Crippen molar-refractivity contribution in [2.75, 3.05) is 11.6 Å². The third-order valence-electron chi connectivity index (χ3n) is 4.07. The molecule has 27 heavy (non-hydrogen) atoms. The number of hydrogen-bond donors (Lipinski definition) is 1. The van der Waals surface area contributed by atoms with Crippen molar-refractivity contribution in [1.29, 1.82) is 0 Å². The molecule has 0 aliphatic heterocycles. The SMILES string of the molecule is CSc1cnc(CNc2c([N+](=O)[O-])cnc(C)c2-c2ccccc2)c(F)c1. The summed E-state index contributed by atoms with van der Waals surface area (Å²) in [7, 11) is 0. The van der Waals surface area contributed by atoms with E-state index in [0.29, 0.717) is 21.8 Å². The van der Waals surface area contributed by atoms with Crippen LogP contribution in [0.3, 0.4) is 0 Å². The smallest absolute Gasteiger partial charge is 0.311 e. The van der Waals surface area contributed by atoms with Crippen LogP contribution in [0.15, 0.2) is 53.7 Å². The van der Waals surface area contributed by atoms with Gasteiger partial charge in [0.15, 0.2) is 0 Å². The van der Waals surface area contributed by atoms with E-state index in [4.69, 9.17) is 0 Å². The van der Waals surface area contributed by atoms with E-state index in [2.05, 4.69) is 15.3 Å². The standard InChI is InChI=1S/C19H17FN4O2S/c1-12-18(13-6-4-3-5-7-13)19(17(11-21-12)24(25)26)23-10-16-15(20)8-14(27-2)9-22-16/h3-9,11H,10H2,1-2H3,(H,21,23). The van der Waals surface area contributed by atoms with Crippen molar-refractivity contribution in [3.8, 4) is 11.1 Å². The van der Waals surface area contributed by atoms with Crippen molar-refractivity contribution < 1.29 is 9.31 Å². The van der Waals surface area contributed by atoms with E-state index < -0.39 is 10.7 Å². The van der Waals surface area contributed by atoms with Gasteiger partial charge in [0.05, 0.1) is 17.2 Å². The first kappa shape index (κ1) is 18.8. The Balaban J connectivity index is 2.03. The minimum atomic E-state index is -0.498. The molecule has 0 unspecified atom stereocenters. The van der Waals surface area contributed by atoms with E-state index in [-0.39, 0.29) is 17.9 Å². The fourth-order valence-electron chi connectivity index (χ4n) is 2.73. The minimum Gasteiger partial charge on any atom is -0.373 e. The van der Waals surface area contributed by atoms with Gasteiger partial charge < -0.3 is 5.32 Å². The third kappa shape index (κ3) is 4.06. The molecule has 0 radical (unpaired) electrons. The fraction of sp³-hybridized carbons (Fsp3) is 0.158. The molecule has 0 aliphatic rings. The molecule has 1 aromatic carbocycles. The van der Waals surface area contributed by atoms with Crippen LogP contribution >= 0.6 is 11.8 Å². The van der Waals surface area contributed by atoms with E-state index in [9.17, 15) is 14.5 Å². The van der Waals surface area contributed by atoms with Crippen molar-refractivity contribution in [3.63, 3.8) is 0 Å². The summed E-state index contributed by atoms with van der Waals surface area (Å²) in [5, 5.41) is 14.5. The predicted octanol–water partition coefficient (Wildman–Crippen LogP) is 4.83. The summed E-state index contributed by atoms with van der Waals surface area (Å²) in [6, 6.07) is 10.7. The lowest BCUT2D eigenvalue weighted by Gasteiger charge is -2.15. The van der Waals surface area contributed by atoms with E-state index >= 15 is 0 Å². The van der Waals surface area contributed by atoms with Gasteiger partial charge in [-0.15, -0.1) is 11.8 Å². The van der Waals surface area contributed by atoms with Crippen LogP contribution in [0, 0.1) is 22.9 Å². The van der Waals surface area contributed by atoms with Crippen LogP contribution in [0.4, 0.5) is 15.8 Å². The number of nitrogens with zero attached hydrogens (tertiary/aromatic N) is 3. The molecule has 6 nitrogen and oxygen atoms in total. The Hall–Kier alpha value is -3.00. The van der Waals surface area contributed by atoms with Crippen molar-refractivity contribution in [1.82, 2.24) is 9.97 Å². The van der Waals surface area contributed by atoms with E-state index in [1.165, 1.54) is 24.0 Å². The highest BCUT2D eigenvalue weighted by Crippen LogP contribution is 2.37. The number of hydrogen-bond acceptors (Lipinski definition) is 6. The highest BCUT2D eigenvalue weighted by Gasteiger charge is 2.22. The molecule has 3 rings (SSSR count). The van der Waals surface area contributed by atoms with Crippen LogP contribution in [0.25, 0.3) is 11.1 Å². The Morgan fingerprint density at radius 2 is 1.96 bits per heavy atom. The summed E-state index contributed by atoms with van der Waals surface area (Å²) in [6.45, 7) is 1.80. The van der Waals surface area contributed by atoms with Gasteiger partial charge >= 0.3 is 5.69 Å². The molecule has 0 saturated heterocycles. The molecule has 0 spiro atoms. The first-order valence-corrected chi connectivity index (χ1v) is 9.35. The van der Waals surface area contributed by atoms with Crippen LogP contribution < -0.4 is 5.32 Å². The number of benzene rings is 1. The largest absolute Gasteiger partial charge is 0.373 e. The van der Waals surface area contributed by atoms with E-state index in [0.717, 1.165) is 5.56 Å². The zero-order valence-corrected chi connectivity index (χ0v) is 15.6. The van der Waals surface area contributed by atoms with Gasteiger partial charge in [0.25, 0.3) is 0 Å². The van der Waals surface area contributed by atoms with Gasteiger partial charge in [-0.1, -0.05) is 30.3 Å². The molecule has 3 aromatic rings. The number of thioether (sulfide) groups is 1. The molecule has 0 saturated carbocycles. The normalized spacial score (nSPS) is 10.6. The number of aryl methyl sites for hydroxylation is 1. The van der Waals surface area contributed by atoms with Crippen molar-refractivity contribution in [2.24, 2.45) is 0 Å². The second-order valence-corrected chi connectivity index (χ2v) is 6.64. The van der Waals surface area contributed by atoms with E-state index in [1.54, 1.807) is 13.1 Å². The summed E-state index contributed by atoms with van der Waals surface area (Å²) in [5.74, 6) is -0.455. The predicted molar refractivity (Wildman–Crippen MR) is 104 cm³/mol. The van der Waals surface area contributed by atoms with E-state index in [1.807, 2.05) is 36.6 Å². The third-order valence-corrected chi connectivity index (χ3v) is 4.76. The summed E-state index contributed by atoms with van der Waals surface area (Å²) >= 11 is 1.39. The Bertz CT molecular complexity index is 983. The number of halogens is 1. The van der Waals surface area contributed by atoms with Gasteiger partial charge in [0.1, 0.15) is 17.7 Å².